The molecule has 2 heterocycles. The third-order valence-corrected chi connectivity index (χ3v) is 4.08. The van der Waals surface area contributed by atoms with E-state index in [4.69, 9.17) is 5.26 Å². The Hall–Kier alpha value is -0.590. The Balaban J connectivity index is 1.85. The van der Waals surface area contributed by atoms with Crippen molar-refractivity contribution < 1.29 is 0 Å². The van der Waals surface area contributed by atoms with Crippen LogP contribution in [-0.4, -0.2) is 48.1 Å². The van der Waals surface area contributed by atoms with E-state index >= 15 is 0 Å². The van der Waals surface area contributed by atoms with Crippen LogP contribution in [0.15, 0.2) is 0 Å². The Morgan fingerprint density at radius 3 is 2.62 bits per heavy atom. The van der Waals surface area contributed by atoms with E-state index < -0.39 is 0 Å². The maximum Gasteiger partial charge on any atom is 0.0975 e. The van der Waals surface area contributed by atoms with Gasteiger partial charge < -0.3 is 0 Å². The number of piperidine rings is 1. The number of hydrogen-bond acceptors (Lipinski definition) is 3. The van der Waals surface area contributed by atoms with Crippen molar-refractivity contribution in [3.8, 4) is 6.07 Å². The highest BCUT2D eigenvalue weighted by atomic mass is 15.3. The zero-order chi connectivity index (χ0) is 11.4. The monoisotopic (exact) mass is 221 g/mol. The predicted molar refractivity (Wildman–Crippen MR) is 65.1 cm³/mol. The van der Waals surface area contributed by atoms with Crippen LogP contribution in [0.1, 0.15) is 39.0 Å². The van der Waals surface area contributed by atoms with Crippen molar-refractivity contribution in [1.29, 1.82) is 5.26 Å². The highest BCUT2D eigenvalue weighted by Crippen LogP contribution is 2.22. The van der Waals surface area contributed by atoms with Crippen LogP contribution in [0, 0.1) is 11.3 Å². The van der Waals surface area contributed by atoms with Gasteiger partial charge in [0.15, 0.2) is 0 Å². The average Bonchev–Trinajstić information content (AvgIpc) is 2.81. The molecule has 90 valence electrons. The smallest absolute Gasteiger partial charge is 0.0975 e. The summed E-state index contributed by atoms with van der Waals surface area (Å²) in [4.78, 5) is 5.02. The highest BCUT2D eigenvalue weighted by molar-refractivity contribution is 4.96. The Morgan fingerprint density at radius 2 is 2.00 bits per heavy atom. The second-order valence-electron chi connectivity index (χ2n) is 5.09. The molecule has 0 saturated carbocycles. The van der Waals surface area contributed by atoms with Gasteiger partial charge in [-0.1, -0.05) is 13.3 Å². The van der Waals surface area contributed by atoms with E-state index in [1.165, 1.54) is 38.8 Å². The van der Waals surface area contributed by atoms with Gasteiger partial charge in [0.1, 0.15) is 0 Å². The van der Waals surface area contributed by atoms with Crippen LogP contribution in [0.3, 0.4) is 0 Å². The predicted octanol–water partition coefficient (Wildman–Crippen LogP) is 1.85. The van der Waals surface area contributed by atoms with Gasteiger partial charge in [0.2, 0.25) is 0 Å². The quantitative estimate of drug-likeness (QED) is 0.728. The van der Waals surface area contributed by atoms with Gasteiger partial charge in [-0.2, -0.15) is 5.26 Å². The summed E-state index contributed by atoms with van der Waals surface area (Å²) in [5, 5.41) is 9.08. The number of likely N-dealkylation sites (tertiary alicyclic amines) is 2. The molecule has 0 spiro atoms. The lowest BCUT2D eigenvalue weighted by Gasteiger charge is -2.32. The topological polar surface area (TPSA) is 30.3 Å². The fourth-order valence-corrected chi connectivity index (χ4v) is 3.06. The van der Waals surface area contributed by atoms with Crippen molar-refractivity contribution in [3.63, 3.8) is 0 Å². The van der Waals surface area contributed by atoms with Crippen molar-refractivity contribution >= 4 is 0 Å². The molecule has 3 heteroatoms. The van der Waals surface area contributed by atoms with Crippen LogP contribution < -0.4 is 0 Å². The SMILES string of the molecule is CCC(C#N)N1CCC(N2CCCCC2)C1. The Kier molecular flexibility index (Phi) is 4.20. The first-order chi connectivity index (χ1) is 7.85. The van der Waals surface area contributed by atoms with E-state index in [1.54, 1.807) is 0 Å². The lowest BCUT2D eigenvalue weighted by molar-refractivity contribution is 0.157. The van der Waals surface area contributed by atoms with Crippen molar-refractivity contribution in [3.05, 3.63) is 0 Å². The summed E-state index contributed by atoms with van der Waals surface area (Å²) < 4.78 is 0. The molecule has 0 amide bonds. The lowest BCUT2D eigenvalue weighted by Crippen LogP contribution is -2.42. The molecule has 0 aromatic heterocycles. The Morgan fingerprint density at radius 1 is 1.25 bits per heavy atom. The summed E-state index contributed by atoms with van der Waals surface area (Å²) >= 11 is 0. The molecule has 2 aliphatic heterocycles. The van der Waals surface area contributed by atoms with Gasteiger partial charge in [0, 0.05) is 19.1 Å². The van der Waals surface area contributed by atoms with E-state index in [0.717, 1.165) is 25.6 Å². The van der Waals surface area contributed by atoms with Gasteiger partial charge in [-0.15, -0.1) is 0 Å². The number of nitriles is 1. The van der Waals surface area contributed by atoms with E-state index in [2.05, 4.69) is 22.8 Å². The van der Waals surface area contributed by atoms with Gasteiger partial charge in [-0.25, -0.2) is 0 Å². The van der Waals surface area contributed by atoms with Crippen LogP contribution in [-0.2, 0) is 0 Å². The van der Waals surface area contributed by atoms with Gasteiger partial charge >= 0.3 is 0 Å². The fraction of sp³-hybridized carbons (Fsp3) is 0.923. The molecule has 2 saturated heterocycles. The first kappa shape index (κ1) is 11.9. The maximum absolute atomic E-state index is 9.08. The first-order valence-electron chi connectivity index (χ1n) is 6.73. The molecule has 2 rings (SSSR count). The van der Waals surface area contributed by atoms with Crippen LogP contribution in [0.4, 0.5) is 0 Å². The van der Waals surface area contributed by atoms with Crippen molar-refractivity contribution in [2.75, 3.05) is 26.2 Å². The van der Waals surface area contributed by atoms with Gasteiger partial charge in [0.25, 0.3) is 0 Å². The fourth-order valence-electron chi connectivity index (χ4n) is 3.06. The zero-order valence-electron chi connectivity index (χ0n) is 10.4. The van der Waals surface area contributed by atoms with Crippen LogP contribution >= 0.6 is 0 Å². The van der Waals surface area contributed by atoms with Crippen LogP contribution in [0.5, 0.6) is 0 Å². The molecule has 0 radical (unpaired) electrons. The summed E-state index contributed by atoms with van der Waals surface area (Å²) in [5.41, 5.74) is 0. The normalized spacial score (nSPS) is 30.1. The molecule has 2 aliphatic rings. The molecule has 0 aromatic carbocycles. The molecule has 2 fully saturated rings. The number of hydrogen-bond donors (Lipinski definition) is 0. The van der Waals surface area contributed by atoms with Gasteiger partial charge in [-0.3, -0.25) is 9.80 Å². The van der Waals surface area contributed by atoms with Gasteiger partial charge in [0.05, 0.1) is 12.1 Å². The molecular formula is C13H23N3. The molecule has 0 bridgehead atoms. The lowest BCUT2D eigenvalue weighted by atomic mass is 10.1. The first-order valence-corrected chi connectivity index (χ1v) is 6.73. The maximum atomic E-state index is 9.08. The minimum Gasteiger partial charge on any atom is -0.299 e. The molecule has 0 aromatic rings. The largest absolute Gasteiger partial charge is 0.299 e. The molecule has 0 N–H and O–H groups in total. The number of nitrogens with zero attached hydrogens (tertiary/aromatic N) is 3. The van der Waals surface area contributed by atoms with Crippen molar-refractivity contribution in [1.82, 2.24) is 9.80 Å². The summed E-state index contributed by atoms with van der Waals surface area (Å²) in [6.07, 6.45) is 6.36. The molecule has 3 nitrogen and oxygen atoms in total. The second-order valence-corrected chi connectivity index (χ2v) is 5.09. The molecular weight excluding hydrogens is 198 g/mol. The second kappa shape index (κ2) is 5.65. The highest BCUT2D eigenvalue weighted by Gasteiger charge is 2.31. The van der Waals surface area contributed by atoms with E-state index in [1.807, 2.05) is 0 Å². The van der Waals surface area contributed by atoms with Crippen LogP contribution in [0.2, 0.25) is 0 Å². The molecule has 0 aliphatic carbocycles. The number of rotatable bonds is 3. The van der Waals surface area contributed by atoms with E-state index in [-0.39, 0.29) is 6.04 Å². The third kappa shape index (κ3) is 2.56. The Labute approximate surface area is 99.0 Å². The van der Waals surface area contributed by atoms with E-state index in [0.29, 0.717) is 0 Å². The van der Waals surface area contributed by atoms with E-state index in [9.17, 15) is 0 Å². The summed E-state index contributed by atoms with van der Waals surface area (Å²) in [6, 6.07) is 3.30. The van der Waals surface area contributed by atoms with Crippen molar-refractivity contribution in [2.24, 2.45) is 0 Å². The zero-order valence-corrected chi connectivity index (χ0v) is 10.4. The summed E-state index contributed by atoms with van der Waals surface area (Å²) in [5.74, 6) is 0. The summed E-state index contributed by atoms with van der Waals surface area (Å²) in [6.45, 7) is 6.91. The van der Waals surface area contributed by atoms with Gasteiger partial charge in [-0.05, 0) is 38.8 Å². The molecule has 16 heavy (non-hydrogen) atoms. The average molecular weight is 221 g/mol. The minimum absolute atomic E-state index is 0.148. The standard InChI is InChI=1S/C13H23N3/c1-2-12(10-14)16-9-6-13(11-16)15-7-4-3-5-8-15/h12-13H,2-9,11H2,1H3. The van der Waals surface area contributed by atoms with Crippen molar-refractivity contribution in [2.45, 2.75) is 51.1 Å². The third-order valence-electron chi connectivity index (χ3n) is 4.08. The molecule has 2 atom stereocenters. The minimum atomic E-state index is 0.148. The van der Waals surface area contributed by atoms with Crippen LogP contribution in [0.25, 0.3) is 0 Å². The summed E-state index contributed by atoms with van der Waals surface area (Å²) in [7, 11) is 0. The Bertz CT molecular complexity index is 252. The molecule has 2 unspecified atom stereocenters.